The number of nitrogens with two attached hydrogens (primary N) is 1. The number of thioether (sulfide) groups is 1. The van der Waals surface area contributed by atoms with Crippen molar-refractivity contribution in [3.8, 4) is 0 Å². The van der Waals surface area contributed by atoms with Crippen molar-refractivity contribution in [2.75, 3.05) is 5.32 Å². The van der Waals surface area contributed by atoms with E-state index < -0.39 is 5.54 Å². The maximum absolute atomic E-state index is 12.4. The predicted molar refractivity (Wildman–Crippen MR) is 98.9 cm³/mol. The van der Waals surface area contributed by atoms with E-state index in [0.29, 0.717) is 5.25 Å². The molecule has 0 spiro atoms. The van der Waals surface area contributed by atoms with Gasteiger partial charge in [-0.3, -0.25) is 4.79 Å². The molecule has 124 valence electrons. The number of hydrogen-bond donors (Lipinski definition) is 2. The molecule has 3 N–H and O–H groups in total. The second kappa shape index (κ2) is 8.23. The molecule has 0 unspecified atom stereocenters. The zero-order valence-corrected chi connectivity index (χ0v) is 15.3. The normalized spacial score (nSPS) is 16.4. The number of benzene rings is 1. The summed E-state index contributed by atoms with van der Waals surface area (Å²) in [4.78, 5) is 12.4. The van der Waals surface area contributed by atoms with Gasteiger partial charge >= 0.3 is 0 Å². The SMILES string of the molecule is Cc1c(CSC(C)C)cccc1NC(=O)C1(N)CCCC1.Cl. The van der Waals surface area contributed by atoms with E-state index in [1.807, 2.05) is 23.9 Å². The molecule has 5 heteroatoms. The first-order valence-electron chi connectivity index (χ1n) is 7.73. The van der Waals surface area contributed by atoms with Crippen LogP contribution in [0, 0.1) is 6.92 Å². The Morgan fingerprint density at radius 1 is 1.36 bits per heavy atom. The van der Waals surface area contributed by atoms with Crippen LogP contribution in [0.3, 0.4) is 0 Å². The Kier molecular flexibility index (Phi) is 7.23. The first kappa shape index (κ1) is 19.3. The fraction of sp³-hybridized carbons (Fsp3) is 0.588. The number of rotatable bonds is 5. The van der Waals surface area contributed by atoms with Gasteiger partial charge in [0.2, 0.25) is 5.91 Å². The highest BCUT2D eigenvalue weighted by Gasteiger charge is 2.37. The topological polar surface area (TPSA) is 55.1 Å². The summed E-state index contributed by atoms with van der Waals surface area (Å²) in [6.45, 7) is 6.47. The minimum Gasteiger partial charge on any atom is -0.324 e. The van der Waals surface area contributed by atoms with Crippen LogP contribution in [0.4, 0.5) is 5.69 Å². The standard InChI is InChI=1S/C17H26N2OS.ClH/c1-12(2)21-11-14-7-6-8-15(13(14)3)19-16(20)17(18)9-4-5-10-17;/h6-8,12H,4-5,9-11,18H2,1-3H3,(H,19,20);1H. The van der Waals surface area contributed by atoms with Gasteiger partial charge in [0.25, 0.3) is 0 Å². The summed E-state index contributed by atoms with van der Waals surface area (Å²) in [6.07, 6.45) is 3.68. The Morgan fingerprint density at radius 3 is 2.59 bits per heavy atom. The molecule has 1 aliphatic carbocycles. The summed E-state index contributed by atoms with van der Waals surface area (Å²) >= 11 is 1.91. The molecule has 0 aromatic heterocycles. The van der Waals surface area contributed by atoms with Crippen LogP contribution in [-0.4, -0.2) is 16.7 Å². The van der Waals surface area contributed by atoms with E-state index in [-0.39, 0.29) is 18.3 Å². The third kappa shape index (κ3) is 4.64. The molecule has 0 bridgehead atoms. The lowest BCUT2D eigenvalue weighted by Gasteiger charge is -2.23. The van der Waals surface area contributed by atoms with Crippen LogP contribution < -0.4 is 11.1 Å². The van der Waals surface area contributed by atoms with Crippen molar-refractivity contribution in [2.45, 2.75) is 63.0 Å². The molecule has 1 saturated carbocycles. The fourth-order valence-corrected chi connectivity index (χ4v) is 3.54. The van der Waals surface area contributed by atoms with E-state index in [4.69, 9.17) is 5.73 Å². The van der Waals surface area contributed by atoms with Gasteiger partial charge in [0, 0.05) is 11.4 Å². The maximum Gasteiger partial charge on any atom is 0.244 e. The number of hydrogen-bond acceptors (Lipinski definition) is 3. The van der Waals surface area contributed by atoms with Crippen molar-refractivity contribution in [3.63, 3.8) is 0 Å². The smallest absolute Gasteiger partial charge is 0.244 e. The summed E-state index contributed by atoms with van der Waals surface area (Å²) in [6, 6.07) is 6.11. The molecule has 1 aliphatic rings. The molecule has 0 radical (unpaired) electrons. The van der Waals surface area contributed by atoms with Crippen molar-refractivity contribution < 1.29 is 4.79 Å². The Labute approximate surface area is 144 Å². The minimum atomic E-state index is -0.672. The third-order valence-electron chi connectivity index (χ3n) is 4.21. The van der Waals surface area contributed by atoms with E-state index >= 15 is 0 Å². The van der Waals surface area contributed by atoms with Crippen LogP contribution in [0.15, 0.2) is 18.2 Å². The quantitative estimate of drug-likeness (QED) is 0.840. The Hall–Kier alpha value is -0.710. The average Bonchev–Trinajstić information content (AvgIpc) is 2.88. The molecule has 3 nitrogen and oxygen atoms in total. The van der Waals surface area contributed by atoms with Crippen LogP contribution in [0.1, 0.15) is 50.7 Å². The molecule has 0 saturated heterocycles. The van der Waals surface area contributed by atoms with Crippen LogP contribution >= 0.6 is 24.2 Å². The summed E-state index contributed by atoms with van der Waals surface area (Å²) < 4.78 is 0. The van der Waals surface area contributed by atoms with Gasteiger partial charge in [0.15, 0.2) is 0 Å². The van der Waals surface area contributed by atoms with E-state index in [0.717, 1.165) is 42.7 Å². The van der Waals surface area contributed by atoms with E-state index in [1.165, 1.54) is 5.56 Å². The zero-order chi connectivity index (χ0) is 15.5. The highest BCUT2D eigenvalue weighted by Crippen LogP contribution is 2.30. The lowest BCUT2D eigenvalue weighted by atomic mass is 9.97. The largest absolute Gasteiger partial charge is 0.324 e. The van der Waals surface area contributed by atoms with Gasteiger partial charge in [-0.05, 0) is 42.2 Å². The number of carbonyl (C=O) groups excluding carboxylic acids is 1. The Balaban J connectivity index is 0.00000242. The van der Waals surface area contributed by atoms with Gasteiger partial charge in [0.05, 0.1) is 5.54 Å². The van der Waals surface area contributed by atoms with Gasteiger partial charge in [0.1, 0.15) is 0 Å². The summed E-state index contributed by atoms with van der Waals surface area (Å²) in [5.41, 5.74) is 8.89. The summed E-state index contributed by atoms with van der Waals surface area (Å²) in [7, 11) is 0. The molecule has 1 amide bonds. The van der Waals surface area contributed by atoms with Crippen LogP contribution in [0.2, 0.25) is 0 Å². The number of halogens is 1. The van der Waals surface area contributed by atoms with Crippen LogP contribution in [-0.2, 0) is 10.5 Å². The van der Waals surface area contributed by atoms with Crippen molar-refractivity contribution in [1.82, 2.24) is 0 Å². The first-order chi connectivity index (χ1) is 9.92. The lowest BCUT2D eigenvalue weighted by molar-refractivity contribution is -0.121. The van der Waals surface area contributed by atoms with Crippen LogP contribution in [0.5, 0.6) is 0 Å². The van der Waals surface area contributed by atoms with Gasteiger partial charge in [-0.25, -0.2) is 0 Å². The molecule has 1 aromatic rings. The summed E-state index contributed by atoms with van der Waals surface area (Å²) in [5.74, 6) is 0.942. The molecule has 22 heavy (non-hydrogen) atoms. The van der Waals surface area contributed by atoms with Crippen molar-refractivity contribution in [3.05, 3.63) is 29.3 Å². The van der Waals surface area contributed by atoms with Crippen molar-refractivity contribution in [1.29, 1.82) is 0 Å². The number of amides is 1. The second-order valence-electron chi connectivity index (χ2n) is 6.27. The lowest BCUT2D eigenvalue weighted by Crippen LogP contribution is -2.48. The maximum atomic E-state index is 12.4. The average molecular weight is 343 g/mol. The van der Waals surface area contributed by atoms with Gasteiger partial charge in [-0.15, -0.1) is 12.4 Å². The molecule has 0 heterocycles. The molecule has 0 aliphatic heterocycles. The van der Waals surface area contributed by atoms with Crippen LogP contribution in [0.25, 0.3) is 0 Å². The van der Waals surface area contributed by atoms with E-state index in [2.05, 4.69) is 32.2 Å². The van der Waals surface area contributed by atoms with Gasteiger partial charge < -0.3 is 11.1 Å². The highest BCUT2D eigenvalue weighted by atomic mass is 35.5. The second-order valence-corrected chi connectivity index (χ2v) is 7.83. The molecular formula is C17H27ClN2OS. The van der Waals surface area contributed by atoms with E-state index in [1.54, 1.807) is 0 Å². The third-order valence-corrected chi connectivity index (χ3v) is 5.36. The molecule has 2 rings (SSSR count). The monoisotopic (exact) mass is 342 g/mol. The molecule has 1 fully saturated rings. The number of nitrogens with one attached hydrogen (secondary N) is 1. The van der Waals surface area contributed by atoms with Gasteiger partial charge in [-0.2, -0.15) is 11.8 Å². The number of carbonyl (C=O) groups is 1. The summed E-state index contributed by atoms with van der Waals surface area (Å²) in [5, 5.41) is 3.65. The molecule has 0 atom stereocenters. The van der Waals surface area contributed by atoms with Crippen molar-refractivity contribution >= 4 is 35.8 Å². The highest BCUT2D eigenvalue weighted by molar-refractivity contribution is 7.99. The first-order valence-corrected chi connectivity index (χ1v) is 8.78. The van der Waals surface area contributed by atoms with E-state index in [9.17, 15) is 4.79 Å². The predicted octanol–water partition coefficient (Wildman–Crippen LogP) is 4.27. The molecule has 1 aromatic carbocycles. The Bertz CT molecular complexity index is 513. The fourth-order valence-electron chi connectivity index (χ4n) is 2.71. The molecular weight excluding hydrogens is 316 g/mol. The number of anilines is 1. The van der Waals surface area contributed by atoms with Crippen molar-refractivity contribution in [2.24, 2.45) is 5.73 Å². The zero-order valence-electron chi connectivity index (χ0n) is 13.6. The minimum absolute atomic E-state index is 0. The Morgan fingerprint density at radius 2 is 2.00 bits per heavy atom. The van der Waals surface area contributed by atoms with Gasteiger partial charge in [-0.1, -0.05) is 38.8 Å².